The van der Waals surface area contributed by atoms with Crippen LogP contribution in [0.1, 0.15) is 30.5 Å². The molecule has 2 heteroatoms. The van der Waals surface area contributed by atoms with E-state index in [1.54, 1.807) is 6.07 Å². The summed E-state index contributed by atoms with van der Waals surface area (Å²) in [6, 6.07) is 20.7. The van der Waals surface area contributed by atoms with Crippen LogP contribution in [0.4, 0.5) is 4.39 Å². The molecule has 0 N–H and O–H groups in total. The van der Waals surface area contributed by atoms with Gasteiger partial charge in [0.05, 0.1) is 6.61 Å². The molecule has 0 saturated carbocycles. The van der Waals surface area contributed by atoms with Crippen LogP contribution in [0.15, 0.2) is 66.7 Å². The van der Waals surface area contributed by atoms with Gasteiger partial charge >= 0.3 is 0 Å². The molecule has 0 aliphatic rings. The average molecular weight is 344 g/mol. The molecular formula is C24H21FO. The number of aryl methyl sites for hydroxylation is 1. The highest BCUT2D eigenvalue weighted by Crippen LogP contribution is 2.24. The van der Waals surface area contributed by atoms with Crippen molar-refractivity contribution in [3.63, 3.8) is 0 Å². The first-order valence-electron chi connectivity index (χ1n) is 8.83. The van der Waals surface area contributed by atoms with Crippen LogP contribution in [-0.2, 0) is 6.42 Å². The fraction of sp³-hybridized carbons (Fsp3) is 0.167. The van der Waals surface area contributed by atoms with E-state index in [0.29, 0.717) is 17.7 Å². The van der Waals surface area contributed by atoms with Gasteiger partial charge < -0.3 is 4.74 Å². The van der Waals surface area contributed by atoms with Crippen molar-refractivity contribution < 1.29 is 9.13 Å². The molecule has 26 heavy (non-hydrogen) atoms. The van der Waals surface area contributed by atoms with E-state index in [9.17, 15) is 4.39 Å². The van der Waals surface area contributed by atoms with Gasteiger partial charge in [0.2, 0.25) is 0 Å². The third-order valence-corrected chi connectivity index (χ3v) is 4.16. The van der Waals surface area contributed by atoms with Gasteiger partial charge in [-0.1, -0.05) is 49.1 Å². The Kier molecular flexibility index (Phi) is 5.71. The van der Waals surface area contributed by atoms with Crippen molar-refractivity contribution >= 4 is 0 Å². The summed E-state index contributed by atoms with van der Waals surface area (Å²) in [5.74, 6) is 6.64. The van der Waals surface area contributed by atoms with Crippen LogP contribution in [0.25, 0.3) is 11.1 Å². The van der Waals surface area contributed by atoms with Crippen LogP contribution in [0, 0.1) is 17.7 Å². The standard InChI is InChI=1S/C24H21FO/c1-3-18-7-12-21(13-8-18)23-16-11-20(17-24(23)25)6-5-19-9-14-22(15-10-19)26-4-2/h7-17H,3-4H2,1-2H3. The summed E-state index contributed by atoms with van der Waals surface area (Å²) in [7, 11) is 0. The molecular weight excluding hydrogens is 323 g/mol. The Morgan fingerprint density at radius 1 is 0.808 bits per heavy atom. The molecule has 3 rings (SSSR count). The monoisotopic (exact) mass is 344 g/mol. The van der Waals surface area contributed by atoms with Crippen LogP contribution < -0.4 is 4.74 Å². The molecule has 0 aliphatic carbocycles. The number of benzene rings is 3. The van der Waals surface area contributed by atoms with Crippen molar-refractivity contribution in [2.75, 3.05) is 6.61 Å². The first kappa shape index (κ1) is 17.8. The third-order valence-electron chi connectivity index (χ3n) is 4.16. The summed E-state index contributed by atoms with van der Waals surface area (Å²) in [4.78, 5) is 0. The second-order valence-corrected chi connectivity index (χ2v) is 5.95. The van der Waals surface area contributed by atoms with E-state index in [4.69, 9.17) is 4.74 Å². The van der Waals surface area contributed by atoms with Crippen molar-refractivity contribution in [1.82, 2.24) is 0 Å². The Morgan fingerprint density at radius 3 is 2.08 bits per heavy atom. The van der Waals surface area contributed by atoms with E-state index in [-0.39, 0.29) is 5.82 Å². The highest BCUT2D eigenvalue weighted by molar-refractivity contribution is 5.65. The van der Waals surface area contributed by atoms with Gasteiger partial charge in [0.1, 0.15) is 11.6 Å². The number of hydrogen-bond donors (Lipinski definition) is 0. The second kappa shape index (κ2) is 8.36. The van der Waals surface area contributed by atoms with E-state index in [1.807, 2.05) is 61.5 Å². The van der Waals surface area contributed by atoms with Crippen molar-refractivity contribution in [1.29, 1.82) is 0 Å². The van der Waals surface area contributed by atoms with Gasteiger partial charge in [-0.15, -0.1) is 0 Å². The summed E-state index contributed by atoms with van der Waals surface area (Å²) < 4.78 is 19.9. The van der Waals surface area contributed by atoms with Crippen LogP contribution >= 0.6 is 0 Å². The van der Waals surface area contributed by atoms with Gasteiger partial charge in [-0.3, -0.25) is 0 Å². The average Bonchev–Trinajstić information content (AvgIpc) is 2.68. The summed E-state index contributed by atoms with van der Waals surface area (Å²) in [6.45, 7) is 4.69. The molecule has 0 spiro atoms. The minimum Gasteiger partial charge on any atom is -0.494 e. The Bertz CT molecular complexity index is 929. The van der Waals surface area contributed by atoms with Gasteiger partial charge in [0.15, 0.2) is 0 Å². The minimum atomic E-state index is -0.257. The van der Waals surface area contributed by atoms with Crippen molar-refractivity contribution in [3.05, 3.63) is 89.2 Å². The highest BCUT2D eigenvalue weighted by atomic mass is 19.1. The normalized spacial score (nSPS) is 10.1. The lowest BCUT2D eigenvalue weighted by atomic mass is 10.0. The Labute approximate surface area is 154 Å². The zero-order valence-corrected chi connectivity index (χ0v) is 15.1. The molecule has 0 aromatic heterocycles. The number of ether oxygens (including phenoxy) is 1. The third kappa shape index (κ3) is 4.32. The SMILES string of the molecule is CCOc1ccc(C#Cc2ccc(-c3ccc(CC)cc3)c(F)c2)cc1. The molecule has 0 fully saturated rings. The maximum Gasteiger partial charge on any atom is 0.132 e. The number of hydrogen-bond acceptors (Lipinski definition) is 1. The molecule has 130 valence electrons. The fourth-order valence-corrected chi connectivity index (χ4v) is 2.69. The summed E-state index contributed by atoms with van der Waals surface area (Å²) >= 11 is 0. The predicted molar refractivity (Wildman–Crippen MR) is 105 cm³/mol. The predicted octanol–water partition coefficient (Wildman–Crippen LogP) is 5.85. The Hall–Kier alpha value is -3.05. The van der Waals surface area contributed by atoms with Gasteiger partial charge in [0, 0.05) is 16.7 Å². The summed E-state index contributed by atoms with van der Waals surface area (Å²) in [6.07, 6.45) is 0.975. The smallest absolute Gasteiger partial charge is 0.132 e. The van der Waals surface area contributed by atoms with Gasteiger partial charge in [-0.2, -0.15) is 0 Å². The Balaban J connectivity index is 1.79. The zero-order chi connectivity index (χ0) is 18.4. The van der Waals surface area contributed by atoms with Crippen LogP contribution in [0.3, 0.4) is 0 Å². The molecule has 0 atom stereocenters. The van der Waals surface area contributed by atoms with E-state index >= 15 is 0 Å². The molecule has 0 saturated heterocycles. The topological polar surface area (TPSA) is 9.23 Å². The second-order valence-electron chi connectivity index (χ2n) is 5.95. The number of rotatable bonds is 4. The lowest BCUT2D eigenvalue weighted by molar-refractivity contribution is 0.340. The van der Waals surface area contributed by atoms with Gasteiger partial charge in [-0.05, 0) is 60.9 Å². The first-order valence-corrected chi connectivity index (χ1v) is 8.83. The van der Waals surface area contributed by atoms with Crippen LogP contribution in [0.2, 0.25) is 0 Å². The van der Waals surface area contributed by atoms with Crippen molar-refractivity contribution in [3.8, 4) is 28.7 Å². The quantitative estimate of drug-likeness (QED) is 0.539. The van der Waals surface area contributed by atoms with E-state index in [1.165, 1.54) is 11.6 Å². The molecule has 3 aromatic rings. The lowest BCUT2D eigenvalue weighted by Gasteiger charge is -2.05. The summed E-state index contributed by atoms with van der Waals surface area (Å²) in [5, 5.41) is 0. The van der Waals surface area contributed by atoms with E-state index in [0.717, 1.165) is 23.3 Å². The first-order chi connectivity index (χ1) is 12.7. The van der Waals surface area contributed by atoms with Crippen LogP contribution in [-0.4, -0.2) is 6.61 Å². The Morgan fingerprint density at radius 2 is 1.46 bits per heavy atom. The molecule has 0 unspecified atom stereocenters. The largest absolute Gasteiger partial charge is 0.494 e. The molecule has 1 nitrogen and oxygen atoms in total. The van der Waals surface area contributed by atoms with Crippen molar-refractivity contribution in [2.24, 2.45) is 0 Å². The molecule has 0 aliphatic heterocycles. The highest BCUT2D eigenvalue weighted by Gasteiger charge is 2.05. The van der Waals surface area contributed by atoms with Gasteiger partial charge in [-0.25, -0.2) is 4.39 Å². The maximum absolute atomic E-state index is 14.5. The molecule has 0 radical (unpaired) electrons. The molecule has 0 heterocycles. The zero-order valence-electron chi connectivity index (χ0n) is 15.1. The van der Waals surface area contributed by atoms with Gasteiger partial charge in [0.25, 0.3) is 0 Å². The summed E-state index contributed by atoms with van der Waals surface area (Å²) in [5.41, 5.74) is 4.25. The molecule has 0 amide bonds. The molecule has 0 bridgehead atoms. The minimum absolute atomic E-state index is 0.257. The maximum atomic E-state index is 14.5. The van der Waals surface area contributed by atoms with Crippen molar-refractivity contribution in [2.45, 2.75) is 20.3 Å². The van der Waals surface area contributed by atoms with E-state index in [2.05, 4.69) is 18.8 Å². The molecule has 3 aromatic carbocycles. The number of halogens is 1. The van der Waals surface area contributed by atoms with E-state index < -0.39 is 0 Å². The lowest BCUT2D eigenvalue weighted by Crippen LogP contribution is -1.90. The fourth-order valence-electron chi connectivity index (χ4n) is 2.69. The van der Waals surface area contributed by atoms with Crippen LogP contribution in [0.5, 0.6) is 5.75 Å².